The predicted molar refractivity (Wildman–Crippen MR) is 167 cm³/mol. The molecule has 332 valence electrons. The summed E-state index contributed by atoms with van der Waals surface area (Å²) in [6.07, 6.45) is -49.4. The lowest BCUT2D eigenvalue weighted by molar-refractivity contribution is -0.396. The van der Waals surface area contributed by atoms with Gasteiger partial charge >= 0.3 is 5.97 Å². The maximum Gasteiger partial charge on any atom is 0.335 e. The summed E-state index contributed by atoms with van der Waals surface area (Å²) >= 11 is 0. The Bertz CT molecular complexity index is 1280. The fourth-order valence-corrected chi connectivity index (χ4v) is 6.99. The Labute approximate surface area is 320 Å². The van der Waals surface area contributed by atoms with Crippen LogP contribution in [0.5, 0.6) is 0 Å². The second-order valence-corrected chi connectivity index (χ2v) is 14.0. The Morgan fingerprint density at radius 2 is 0.737 bits per heavy atom. The van der Waals surface area contributed by atoms with E-state index in [0.717, 1.165) is 0 Å². The van der Waals surface area contributed by atoms with E-state index in [2.05, 4.69) is 0 Å². The number of hydrogen-bond acceptors (Lipinski definition) is 26. The van der Waals surface area contributed by atoms with Gasteiger partial charge in [-0.15, -0.1) is 0 Å². The second kappa shape index (κ2) is 19.5. The lowest BCUT2D eigenvalue weighted by atomic mass is 9.95. The average molecular weight is 843 g/mol. The Morgan fingerprint density at radius 1 is 0.368 bits per heavy atom. The van der Waals surface area contributed by atoms with E-state index in [0.29, 0.717) is 0 Å². The summed E-state index contributed by atoms with van der Waals surface area (Å²) in [5.41, 5.74) is 0. The third-order valence-electron chi connectivity index (χ3n) is 10.3. The summed E-state index contributed by atoms with van der Waals surface area (Å²) in [7, 11) is 0. The van der Waals surface area contributed by atoms with E-state index in [4.69, 9.17) is 42.6 Å². The first-order valence-electron chi connectivity index (χ1n) is 17.6. The molecule has 17 N–H and O–H groups in total. The van der Waals surface area contributed by atoms with E-state index in [1.165, 1.54) is 0 Å². The summed E-state index contributed by atoms with van der Waals surface area (Å²) in [5.74, 6) is -1.78. The molecule has 0 spiro atoms. The molecule has 0 bridgehead atoms. The van der Waals surface area contributed by atoms with Crippen LogP contribution in [0.3, 0.4) is 0 Å². The Morgan fingerprint density at radius 3 is 1.18 bits per heavy atom. The zero-order chi connectivity index (χ0) is 42.2. The minimum Gasteiger partial charge on any atom is -0.479 e. The van der Waals surface area contributed by atoms with Gasteiger partial charge in [0.15, 0.2) is 37.6 Å². The van der Waals surface area contributed by atoms with Crippen molar-refractivity contribution >= 4 is 5.97 Å². The number of carbonyl (C=O) groups is 1. The third kappa shape index (κ3) is 9.38. The SMILES string of the molecule is O=C(O)[C@H]1O[C@H](O[C@@H]2[C@H](O)[C@@H](O[C@@H]3[C@@H](O)[C@H](O[C@H]4[C@H](O)[C@H](O[C@@H]5O[C@H](CO)[C@@H](O)[C@H](O)[C@H]5O)C(O)O[C@@H]4CO)O[C@H](CO)[C@H]3O)O[C@H](CO)[C@H]2O)[C@H](O)[C@@H](O)[C@@H]1O. The van der Waals surface area contributed by atoms with Crippen LogP contribution in [-0.4, -0.2) is 273 Å². The first-order valence-corrected chi connectivity index (χ1v) is 17.6. The van der Waals surface area contributed by atoms with Crippen molar-refractivity contribution in [3.8, 4) is 0 Å². The summed E-state index contributed by atoms with van der Waals surface area (Å²) in [6.45, 7) is -3.84. The molecule has 1 unspecified atom stereocenters. The minimum absolute atomic E-state index is 0.855. The molecule has 0 aromatic rings. The van der Waals surface area contributed by atoms with Crippen LogP contribution in [0.1, 0.15) is 0 Å². The topological polar surface area (TPSA) is 444 Å². The van der Waals surface area contributed by atoms with E-state index in [1.807, 2.05) is 0 Å². The van der Waals surface area contributed by atoms with E-state index in [1.54, 1.807) is 0 Å². The molecule has 5 fully saturated rings. The fraction of sp³-hybridized carbons (Fsp3) is 0.967. The van der Waals surface area contributed by atoms with Crippen molar-refractivity contribution in [2.45, 2.75) is 154 Å². The van der Waals surface area contributed by atoms with Gasteiger partial charge in [-0.3, -0.25) is 0 Å². The van der Waals surface area contributed by atoms with Gasteiger partial charge in [-0.05, 0) is 0 Å². The van der Waals surface area contributed by atoms with Crippen LogP contribution < -0.4 is 0 Å². The van der Waals surface area contributed by atoms with Gasteiger partial charge in [-0.25, -0.2) is 4.79 Å². The zero-order valence-electron chi connectivity index (χ0n) is 29.4. The van der Waals surface area contributed by atoms with Crippen molar-refractivity contribution in [3.05, 3.63) is 0 Å². The molecule has 0 aliphatic carbocycles. The van der Waals surface area contributed by atoms with Crippen LogP contribution in [0, 0.1) is 0 Å². The first-order chi connectivity index (χ1) is 26.9. The smallest absolute Gasteiger partial charge is 0.335 e. The second-order valence-electron chi connectivity index (χ2n) is 14.0. The van der Waals surface area contributed by atoms with Crippen molar-refractivity contribution in [2.75, 3.05) is 26.4 Å². The van der Waals surface area contributed by atoms with Crippen LogP contribution in [0.15, 0.2) is 0 Å². The molecule has 0 aromatic heterocycles. The number of carboxylic acids is 1. The molecule has 5 heterocycles. The van der Waals surface area contributed by atoms with E-state index in [9.17, 15) is 91.6 Å². The molecular weight excluding hydrogens is 792 g/mol. The lowest BCUT2D eigenvalue weighted by Crippen LogP contribution is -2.68. The first kappa shape index (κ1) is 46.5. The summed E-state index contributed by atoms with van der Waals surface area (Å²) in [4.78, 5) is 11.6. The molecule has 57 heavy (non-hydrogen) atoms. The quantitative estimate of drug-likeness (QED) is 0.0818. The fourth-order valence-electron chi connectivity index (χ4n) is 6.99. The van der Waals surface area contributed by atoms with Gasteiger partial charge in [0, 0.05) is 0 Å². The van der Waals surface area contributed by atoms with Crippen molar-refractivity contribution in [3.63, 3.8) is 0 Å². The van der Waals surface area contributed by atoms with Crippen molar-refractivity contribution in [1.82, 2.24) is 0 Å². The van der Waals surface area contributed by atoms with E-state index in [-0.39, 0.29) is 0 Å². The van der Waals surface area contributed by atoms with Gasteiger partial charge in [0.25, 0.3) is 0 Å². The number of carboxylic acid groups (broad SMARTS) is 1. The summed E-state index contributed by atoms with van der Waals surface area (Å²) < 4.78 is 48.7. The molecule has 5 saturated heterocycles. The molecule has 27 nitrogen and oxygen atoms in total. The highest BCUT2D eigenvalue weighted by molar-refractivity contribution is 5.73. The molecule has 5 rings (SSSR count). The molecule has 5 aliphatic heterocycles. The number of rotatable bonds is 13. The van der Waals surface area contributed by atoms with Crippen LogP contribution in [0.25, 0.3) is 0 Å². The van der Waals surface area contributed by atoms with Gasteiger partial charge in [0.1, 0.15) is 116 Å². The lowest BCUT2D eigenvalue weighted by Gasteiger charge is -2.49. The maximum atomic E-state index is 11.6. The third-order valence-corrected chi connectivity index (χ3v) is 10.3. The largest absolute Gasteiger partial charge is 0.479 e. The van der Waals surface area contributed by atoms with E-state index < -0.39 is 186 Å². The number of aliphatic hydroxyl groups is 16. The van der Waals surface area contributed by atoms with Gasteiger partial charge < -0.3 is 129 Å². The standard InChI is InChI=1S/C30H50O27/c31-1-5-9(35)12(38)15(41)27(50-5)57-24-17(43)20(8(4-34)49-26(24)48)53-29-18(44)22(11(37)6(2-32)51-29)55-30-19(45)21(10(36)7(3-33)52-30)54-28-16(42)13(39)14(40)23(56-28)25(46)47/h5-24,26-45,48H,1-4H2,(H,46,47)/t5-,6-,7-,8-,9-,10-,11-,12+,13+,14+,15-,16-,17+,18-,19+,20-,21+,22+,23+,24+,26?,27+,28+,29+,30-/m1/s1. The average Bonchev–Trinajstić information content (AvgIpc) is 3.18. The van der Waals surface area contributed by atoms with Crippen molar-refractivity contribution in [1.29, 1.82) is 0 Å². The molecule has 0 amide bonds. The van der Waals surface area contributed by atoms with Crippen LogP contribution in [0.2, 0.25) is 0 Å². The highest BCUT2D eigenvalue weighted by atomic mass is 16.8. The summed E-state index contributed by atoms with van der Waals surface area (Å²) in [6, 6.07) is 0. The van der Waals surface area contributed by atoms with Crippen LogP contribution >= 0.6 is 0 Å². The molecule has 0 aromatic carbocycles. The van der Waals surface area contributed by atoms with Gasteiger partial charge in [-0.2, -0.15) is 0 Å². The van der Waals surface area contributed by atoms with Gasteiger partial charge in [0.05, 0.1) is 26.4 Å². The Kier molecular flexibility index (Phi) is 15.9. The maximum absolute atomic E-state index is 11.6. The van der Waals surface area contributed by atoms with Gasteiger partial charge in [-0.1, -0.05) is 0 Å². The number of ether oxygens (including phenoxy) is 9. The highest BCUT2D eigenvalue weighted by Crippen LogP contribution is 2.35. The van der Waals surface area contributed by atoms with Crippen molar-refractivity contribution < 1.29 is 134 Å². The zero-order valence-corrected chi connectivity index (χ0v) is 29.4. The summed E-state index contributed by atoms with van der Waals surface area (Å²) in [5, 5.41) is 176. The van der Waals surface area contributed by atoms with E-state index >= 15 is 0 Å². The molecule has 0 radical (unpaired) electrons. The molecule has 5 aliphatic rings. The predicted octanol–water partition coefficient (Wildman–Crippen LogP) is -11.8. The molecule has 0 saturated carbocycles. The monoisotopic (exact) mass is 842 g/mol. The Hall–Kier alpha value is -1.53. The van der Waals surface area contributed by atoms with Crippen molar-refractivity contribution in [2.24, 2.45) is 0 Å². The molecule has 25 atom stereocenters. The number of aliphatic carboxylic acids is 1. The normalized spacial score (nSPS) is 52.4. The number of hydrogen-bond donors (Lipinski definition) is 17. The molecular formula is C30H50O27. The van der Waals surface area contributed by atoms with Crippen LogP contribution in [0.4, 0.5) is 0 Å². The minimum atomic E-state index is -2.21. The van der Waals surface area contributed by atoms with Gasteiger partial charge in [0.2, 0.25) is 0 Å². The number of aliphatic hydroxyl groups excluding tert-OH is 16. The Balaban J connectivity index is 1.33. The highest BCUT2D eigenvalue weighted by Gasteiger charge is 2.57. The molecule has 27 heteroatoms. The van der Waals surface area contributed by atoms with Crippen LogP contribution in [-0.2, 0) is 47.4 Å².